The zero-order valence-electron chi connectivity index (χ0n) is 12.7. The number of nitrogens with one attached hydrogen (secondary N) is 2. The van der Waals surface area contributed by atoms with E-state index in [1.165, 1.54) is 6.20 Å². The fraction of sp³-hybridized carbons (Fsp3) is 0. The standard InChI is InChI=1S/C17H11BrClN5O/c18-12-5-1-2-7-14(12)24-9-10(8-20-24)17(25)21-16-11-4-3-6-13(19)15(11)22-23-16/h1-9H,(H2,21,22,23,25). The molecule has 1 amide bonds. The topological polar surface area (TPSA) is 75.6 Å². The summed E-state index contributed by atoms with van der Waals surface area (Å²) in [6.45, 7) is 0. The molecule has 2 heterocycles. The molecule has 8 heteroatoms. The van der Waals surface area contributed by atoms with Gasteiger partial charge in [-0.05, 0) is 40.2 Å². The van der Waals surface area contributed by atoms with E-state index in [0.717, 1.165) is 15.5 Å². The SMILES string of the molecule is O=C(Nc1n[nH]c2c(Cl)cccc12)c1cnn(-c2ccccc2Br)c1. The van der Waals surface area contributed by atoms with Crippen LogP contribution in [0, 0.1) is 0 Å². The summed E-state index contributed by atoms with van der Waals surface area (Å²) in [6.07, 6.45) is 3.17. The van der Waals surface area contributed by atoms with Gasteiger partial charge >= 0.3 is 0 Å². The second-order valence-corrected chi connectivity index (χ2v) is 6.58. The molecule has 0 radical (unpaired) electrons. The smallest absolute Gasteiger partial charge is 0.260 e. The van der Waals surface area contributed by atoms with Crippen molar-refractivity contribution in [3.8, 4) is 5.69 Å². The minimum atomic E-state index is -0.299. The first kappa shape index (κ1) is 15.9. The van der Waals surface area contributed by atoms with Crippen molar-refractivity contribution in [2.24, 2.45) is 0 Å². The second-order valence-electron chi connectivity index (χ2n) is 5.31. The lowest BCUT2D eigenvalue weighted by Gasteiger charge is -2.03. The van der Waals surface area contributed by atoms with Crippen LogP contribution in [0.3, 0.4) is 0 Å². The number of H-pyrrole nitrogens is 1. The number of benzene rings is 2. The summed E-state index contributed by atoms with van der Waals surface area (Å²) in [7, 11) is 0. The lowest BCUT2D eigenvalue weighted by atomic mass is 10.2. The third-order valence-electron chi connectivity index (χ3n) is 3.72. The fourth-order valence-electron chi connectivity index (χ4n) is 2.49. The molecule has 0 aliphatic carbocycles. The molecule has 124 valence electrons. The van der Waals surface area contributed by atoms with Gasteiger partial charge in [-0.15, -0.1) is 0 Å². The predicted molar refractivity (Wildman–Crippen MR) is 100 cm³/mol. The molecule has 0 atom stereocenters. The van der Waals surface area contributed by atoms with Gasteiger partial charge in [0.1, 0.15) is 0 Å². The number of anilines is 1. The van der Waals surface area contributed by atoms with Crippen molar-refractivity contribution in [2.75, 3.05) is 5.32 Å². The van der Waals surface area contributed by atoms with Gasteiger partial charge in [0.2, 0.25) is 0 Å². The number of halogens is 2. The van der Waals surface area contributed by atoms with E-state index in [2.05, 4.69) is 36.5 Å². The molecule has 2 N–H and O–H groups in total. The maximum absolute atomic E-state index is 12.5. The number of amides is 1. The van der Waals surface area contributed by atoms with Crippen LogP contribution < -0.4 is 5.32 Å². The summed E-state index contributed by atoms with van der Waals surface area (Å²) >= 11 is 9.58. The number of hydrogen-bond donors (Lipinski definition) is 2. The number of para-hydroxylation sites is 2. The molecule has 0 fully saturated rings. The molecule has 4 rings (SSSR count). The van der Waals surface area contributed by atoms with Gasteiger partial charge in [0.05, 0.1) is 28.0 Å². The summed E-state index contributed by atoms with van der Waals surface area (Å²) in [5.41, 5.74) is 1.95. The summed E-state index contributed by atoms with van der Waals surface area (Å²) in [6, 6.07) is 13.0. The average molecular weight is 417 g/mol. The number of carbonyl (C=O) groups excluding carboxylic acids is 1. The van der Waals surface area contributed by atoms with Gasteiger partial charge in [0.15, 0.2) is 5.82 Å². The minimum Gasteiger partial charge on any atom is -0.304 e. The lowest BCUT2D eigenvalue weighted by Crippen LogP contribution is -2.11. The fourth-order valence-corrected chi connectivity index (χ4v) is 3.17. The van der Waals surface area contributed by atoms with E-state index in [1.54, 1.807) is 23.0 Å². The van der Waals surface area contributed by atoms with Crippen molar-refractivity contribution in [3.05, 3.63) is 69.9 Å². The summed E-state index contributed by atoms with van der Waals surface area (Å²) < 4.78 is 2.52. The Kier molecular flexibility index (Phi) is 4.03. The largest absolute Gasteiger partial charge is 0.304 e. The van der Waals surface area contributed by atoms with Crippen LogP contribution in [-0.2, 0) is 0 Å². The monoisotopic (exact) mass is 415 g/mol. The van der Waals surface area contributed by atoms with Crippen molar-refractivity contribution in [2.45, 2.75) is 0 Å². The van der Waals surface area contributed by atoms with E-state index in [4.69, 9.17) is 11.6 Å². The zero-order chi connectivity index (χ0) is 17.4. The van der Waals surface area contributed by atoms with Crippen LogP contribution in [0.4, 0.5) is 5.82 Å². The number of fused-ring (bicyclic) bond motifs is 1. The zero-order valence-corrected chi connectivity index (χ0v) is 15.0. The first-order valence-corrected chi connectivity index (χ1v) is 8.54. The predicted octanol–water partition coefficient (Wildman–Crippen LogP) is 4.42. The molecule has 6 nitrogen and oxygen atoms in total. The van der Waals surface area contributed by atoms with E-state index in [0.29, 0.717) is 21.9 Å². The Morgan fingerprint density at radius 2 is 2.04 bits per heavy atom. The Bertz CT molecular complexity index is 1090. The highest BCUT2D eigenvalue weighted by Crippen LogP contribution is 2.27. The summed E-state index contributed by atoms with van der Waals surface area (Å²) in [5.74, 6) is 0.128. The van der Waals surface area contributed by atoms with Crippen LogP contribution in [0.5, 0.6) is 0 Å². The first-order valence-electron chi connectivity index (χ1n) is 7.37. The van der Waals surface area contributed by atoms with Crippen molar-refractivity contribution in [1.29, 1.82) is 0 Å². The highest BCUT2D eigenvalue weighted by Gasteiger charge is 2.15. The van der Waals surface area contributed by atoms with Gasteiger partial charge in [-0.3, -0.25) is 9.89 Å². The molecule has 4 aromatic rings. The van der Waals surface area contributed by atoms with Crippen LogP contribution in [0.2, 0.25) is 5.02 Å². The van der Waals surface area contributed by atoms with Crippen LogP contribution in [0.1, 0.15) is 10.4 Å². The Morgan fingerprint density at radius 1 is 1.20 bits per heavy atom. The highest BCUT2D eigenvalue weighted by atomic mass is 79.9. The van der Waals surface area contributed by atoms with Crippen molar-refractivity contribution in [1.82, 2.24) is 20.0 Å². The highest BCUT2D eigenvalue weighted by molar-refractivity contribution is 9.10. The van der Waals surface area contributed by atoms with E-state index in [1.807, 2.05) is 30.3 Å². The van der Waals surface area contributed by atoms with Gasteiger partial charge in [0, 0.05) is 16.1 Å². The lowest BCUT2D eigenvalue weighted by molar-refractivity contribution is 0.102. The Balaban J connectivity index is 1.62. The Labute approximate surface area is 155 Å². The number of aromatic amines is 1. The number of nitrogens with zero attached hydrogens (tertiary/aromatic N) is 3. The molecular weight excluding hydrogens is 406 g/mol. The summed E-state index contributed by atoms with van der Waals surface area (Å²) in [5, 5.41) is 15.3. The molecule has 0 aliphatic heterocycles. The van der Waals surface area contributed by atoms with Gasteiger partial charge in [-0.2, -0.15) is 10.2 Å². The van der Waals surface area contributed by atoms with Crippen LogP contribution in [-0.4, -0.2) is 25.9 Å². The van der Waals surface area contributed by atoms with Gasteiger partial charge in [-0.25, -0.2) is 4.68 Å². The van der Waals surface area contributed by atoms with Gasteiger partial charge in [-0.1, -0.05) is 29.8 Å². The van der Waals surface area contributed by atoms with E-state index >= 15 is 0 Å². The van der Waals surface area contributed by atoms with E-state index in [9.17, 15) is 4.79 Å². The Hall–Kier alpha value is -2.64. The van der Waals surface area contributed by atoms with E-state index in [-0.39, 0.29) is 5.91 Å². The third-order valence-corrected chi connectivity index (χ3v) is 4.71. The van der Waals surface area contributed by atoms with Gasteiger partial charge < -0.3 is 5.32 Å². The molecule has 0 saturated carbocycles. The number of aromatic nitrogens is 4. The molecule has 0 bridgehead atoms. The molecule has 0 aliphatic rings. The maximum atomic E-state index is 12.5. The first-order chi connectivity index (χ1) is 12.1. The van der Waals surface area contributed by atoms with Crippen molar-refractivity contribution in [3.63, 3.8) is 0 Å². The molecular formula is C17H11BrClN5O. The molecule has 25 heavy (non-hydrogen) atoms. The number of hydrogen-bond acceptors (Lipinski definition) is 3. The van der Waals surface area contributed by atoms with E-state index < -0.39 is 0 Å². The number of carbonyl (C=O) groups is 1. The molecule has 2 aromatic heterocycles. The second kappa shape index (κ2) is 6.34. The average Bonchev–Trinajstić information content (AvgIpc) is 3.24. The van der Waals surface area contributed by atoms with Gasteiger partial charge in [0.25, 0.3) is 5.91 Å². The molecule has 0 saturated heterocycles. The van der Waals surface area contributed by atoms with Crippen LogP contribution in [0.15, 0.2) is 59.3 Å². The normalized spacial score (nSPS) is 11.0. The molecule has 0 unspecified atom stereocenters. The van der Waals surface area contributed by atoms with Crippen LogP contribution >= 0.6 is 27.5 Å². The van der Waals surface area contributed by atoms with Crippen LogP contribution in [0.25, 0.3) is 16.6 Å². The summed E-state index contributed by atoms with van der Waals surface area (Å²) in [4.78, 5) is 12.5. The van der Waals surface area contributed by atoms with Crippen molar-refractivity contribution < 1.29 is 4.79 Å². The van der Waals surface area contributed by atoms with Crippen molar-refractivity contribution >= 4 is 50.2 Å². The quantitative estimate of drug-likeness (QED) is 0.519. The number of rotatable bonds is 3. The third kappa shape index (κ3) is 2.92. The maximum Gasteiger partial charge on any atom is 0.260 e. The Morgan fingerprint density at radius 3 is 2.88 bits per heavy atom. The molecule has 0 spiro atoms. The minimum absolute atomic E-state index is 0.299. The molecule has 2 aromatic carbocycles.